The fourth-order valence-corrected chi connectivity index (χ4v) is 1.81. The van der Waals surface area contributed by atoms with Crippen molar-refractivity contribution in [2.75, 3.05) is 21.3 Å². The second-order valence-electron chi connectivity index (χ2n) is 2.09. The average molecular weight is 199 g/mol. The molecule has 0 spiro atoms. The van der Waals surface area contributed by atoms with Crippen LogP contribution in [0.15, 0.2) is 0 Å². The quantitative estimate of drug-likeness (QED) is 0.358. The maximum absolute atomic E-state index is 5.65. The number of ether oxygens (including phenoxy) is 3. The van der Waals surface area contributed by atoms with Crippen LogP contribution in [-0.4, -0.2) is 36.1 Å². The standard InChI is InChI=1S/C6H15ClO3Si/c1-8-6(9-2,10-3)4-5-11-7/h4-5,11H2,1-3H3. The van der Waals surface area contributed by atoms with E-state index < -0.39 is 14.8 Å². The molecule has 0 bridgehead atoms. The molecule has 0 atom stereocenters. The van der Waals surface area contributed by atoms with E-state index in [0.29, 0.717) is 6.42 Å². The second kappa shape index (κ2) is 5.96. The molecule has 0 aromatic rings. The van der Waals surface area contributed by atoms with E-state index in [1.807, 2.05) is 0 Å². The Morgan fingerprint density at radius 3 is 1.91 bits per heavy atom. The number of rotatable bonds is 6. The smallest absolute Gasteiger partial charge is 0.281 e. The van der Waals surface area contributed by atoms with E-state index in [9.17, 15) is 0 Å². The van der Waals surface area contributed by atoms with Crippen molar-refractivity contribution in [2.24, 2.45) is 0 Å². The summed E-state index contributed by atoms with van der Waals surface area (Å²) in [6.07, 6.45) is 0.701. The van der Waals surface area contributed by atoms with Gasteiger partial charge in [-0.1, -0.05) is 0 Å². The van der Waals surface area contributed by atoms with Gasteiger partial charge in [0.2, 0.25) is 0 Å². The summed E-state index contributed by atoms with van der Waals surface area (Å²) < 4.78 is 15.2. The molecule has 0 unspecified atom stereocenters. The lowest BCUT2D eigenvalue weighted by molar-refractivity contribution is -0.352. The fraction of sp³-hybridized carbons (Fsp3) is 1.00. The molecule has 68 valence electrons. The first-order valence-electron chi connectivity index (χ1n) is 3.46. The molecule has 3 nitrogen and oxygen atoms in total. The van der Waals surface area contributed by atoms with Crippen LogP contribution in [0, 0.1) is 0 Å². The van der Waals surface area contributed by atoms with Crippen LogP contribution in [0.1, 0.15) is 6.42 Å². The number of hydrogen-bond donors (Lipinski definition) is 0. The minimum atomic E-state index is -0.873. The van der Waals surface area contributed by atoms with E-state index in [2.05, 4.69) is 0 Å². The van der Waals surface area contributed by atoms with Gasteiger partial charge in [-0.15, -0.1) is 0 Å². The largest absolute Gasteiger partial charge is 0.331 e. The summed E-state index contributed by atoms with van der Waals surface area (Å²) in [5.74, 6) is -0.873. The van der Waals surface area contributed by atoms with Gasteiger partial charge in [-0.05, 0) is 6.04 Å². The van der Waals surface area contributed by atoms with Crippen LogP contribution in [0.5, 0.6) is 0 Å². The molecule has 0 saturated heterocycles. The summed E-state index contributed by atoms with van der Waals surface area (Å²) >= 11 is 5.65. The Labute approximate surface area is 74.5 Å². The first-order chi connectivity index (χ1) is 5.24. The predicted molar refractivity (Wildman–Crippen MR) is 47.6 cm³/mol. The Bertz CT molecular complexity index is 89.6. The van der Waals surface area contributed by atoms with Gasteiger partial charge in [0.15, 0.2) is 0 Å². The van der Waals surface area contributed by atoms with Crippen LogP contribution in [-0.2, 0) is 14.2 Å². The van der Waals surface area contributed by atoms with Gasteiger partial charge in [-0.2, -0.15) is 11.1 Å². The fourth-order valence-electron chi connectivity index (χ4n) is 0.840. The SMILES string of the molecule is COC(CC[SiH2]Cl)(OC)OC. The van der Waals surface area contributed by atoms with Crippen LogP contribution in [0.4, 0.5) is 0 Å². The second-order valence-corrected chi connectivity index (χ2v) is 4.31. The number of halogens is 1. The molecule has 0 aromatic heterocycles. The molecule has 0 radical (unpaired) electrons. The highest BCUT2D eigenvalue weighted by atomic mass is 35.6. The Hall–Kier alpha value is 0.387. The van der Waals surface area contributed by atoms with Crippen molar-refractivity contribution in [2.45, 2.75) is 18.4 Å². The van der Waals surface area contributed by atoms with E-state index in [4.69, 9.17) is 25.3 Å². The number of methoxy groups -OCH3 is 3. The zero-order chi connectivity index (χ0) is 8.74. The van der Waals surface area contributed by atoms with Crippen molar-refractivity contribution in [3.63, 3.8) is 0 Å². The van der Waals surface area contributed by atoms with Crippen LogP contribution in [0.25, 0.3) is 0 Å². The maximum Gasteiger partial charge on any atom is 0.281 e. The zero-order valence-electron chi connectivity index (χ0n) is 7.22. The van der Waals surface area contributed by atoms with Crippen LogP contribution >= 0.6 is 11.1 Å². The predicted octanol–water partition coefficient (Wildman–Crippen LogP) is 0.710. The van der Waals surface area contributed by atoms with Gasteiger partial charge in [0.05, 0.1) is 0 Å². The third-order valence-corrected chi connectivity index (χ3v) is 2.97. The minimum absolute atomic E-state index is 0.462. The Morgan fingerprint density at radius 2 is 1.64 bits per heavy atom. The van der Waals surface area contributed by atoms with Crippen LogP contribution in [0.2, 0.25) is 6.04 Å². The molecule has 5 heteroatoms. The first-order valence-corrected chi connectivity index (χ1v) is 6.60. The van der Waals surface area contributed by atoms with E-state index in [-0.39, 0.29) is 0 Å². The van der Waals surface area contributed by atoms with Crippen LogP contribution in [0.3, 0.4) is 0 Å². The van der Waals surface area contributed by atoms with Gasteiger partial charge in [-0.3, -0.25) is 0 Å². The van der Waals surface area contributed by atoms with Crippen molar-refractivity contribution in [1.29, 1.82) is 0 Å². The third kappa shape index (κ3) is 3.53. The summed E-state index contributed by atoms with van der Waals surface area (Å²) in [4.78, 5) is 0. The average Bonchev–Trinajstić information content (AvgIpc) is 2.08. The van der Waals surface area contributed by atoms with Gasteiger partial charge in [-0.25, -0.2) is 0 Å². The van der Waals surface area contributed by atoms with Crippen molar-refractivity contribution < 1.29 is 14.2 Å². The van der Waals surface area contributed by atoms with Crippen molar-refractivity contribution in [1.82, 2.24) is 0 Å². The third-order valence-electron chi connectivity index (χ3n) is 1.55. The normalized spacial score (nSPS) is 13.1. The van der Waals surface area contributed by atoms with Gasteiger partial charge in [0.25, 0.3) is 5.97 Å². The van der Waals surface area contributed by atoms with E-state index in [0.717, 1.165) is 6.04 Å². The Morgan fingerprint density at radius 1 is 1.18 bits per heavy atom. The van der Waals surface area contributed by atoms with E-state index >= 15 is 0 Å². The lowest BCUT2D eigenvalue weighted by atomic mass is 10.4. The number of hydrogen-bond acceptors (Lipinski definition) is 3. The zero-order valence-corrected chi connectivity index (χ0v) is 9.39. The van der Waals surface area contributed by atoms with Gasteiger partial charge in [0, 0.05) is 27.8 Å². The molecule has 0 aliphatic carbocycles. The summed E-state index contributed by atoms with van der Waals surface area (Å²) in [6, 6.07) is 0.942. The highest BCUT2D eigenvalue weighted by molar-refractivity contribution is 6.93. The highest BCUT2D eigenvalue weighted by Crippen LogP contribution is 2.19. The molecule has 0 aliphatic rings. The molecule has 0 rings (SSSR count). The molecule has 0 heterocycles. The molecule has 0 fully saturated rings. The summed E-state index contributed by atoms with van der Waals surface area (Å²) in [7, 11) is 4.21. The van der Waals surface area contributed by atoms with Crippen LogP contribution < -0.4 is 0 Å². The molecular weight excluding hydrogens is 184 g/mol. The summed E-state index contributed by atoms with van der Waals surface area (Å²) in [6.45, 7) is 0. The summed E-state index contributed by atoms with van der Waals surface area (Å²) in [5, 5.41) is 0. The van der Waals surface area contributed by atoms with Gasteiger partial charge >= 0.3 is 0 Å². The molecule has 0 saturated carbocycles. The minimum Gasteiger partial charge on any atom is -0.331 e. The maximum atomic E-state index is 5.65. The van der Waals surface area contributed by atoms with Crippen molar-refractivity contribution in [3.05, 3.63) is 0 Å². The molecule has 0 aromatic carbocycles. The lowest BCUT2D eigenvalue weighted by Gasteiger charge is -2.28. The Balaban J connectivity index is 3.84. The highest BCUT2D eigenvalue weighted by Gasteiger charge is 2.28. The molecule has 0 amide bonds. The van der Waals surface area contributed by atoms with E-state index in [1.54, 1.807) is 21.3 Å². The summed E-state index contributed by atoms with van der Waals surface area (Å²) in [5.41, 5.74) is 0. The van der Waals surface area contributed by atoms with Crippen molar-refractivity contribution >= 4 is 19.9 Å². The lowest BCUT2D eigenvalue weighted by Crippen LogP contribution is -2.35. The molecular formula is C6H15ClO3Si. The molecule has 11 heavy (non-hydrogen) atoms. The molecule has 0 aliphatic heterocycles. The first kappa shape index (κ1) is 11.4. The monoisotopic (exact) mass is 198 g/mol. The van der Waals surface area contributed by atoms with Gasteiger partial charge in [0.1, 0.15) is 8.83 Å². The van der Waals surface area contributed by atoms with Gasteiger partial charge < -0.3 is 14.2 Å². The van der Waals surface area contributed by atoms with E-state index in [1.165, 1.54) is 0 Å². The Kier molecular flexibility index (Phi) is 6.17. The van der Waals surface area contributed by atoms with Crippen molar-refractivity contribution in [3.8, 4) is 0 Å². The molecule has 0 N–H and O–H groups in total. The topological polar surface area (TPSA) is 27.7 Å².